The van der Waals surface area contributed by atoms with E-state index in [-0.39, 0.29) is 0 Å². The van der Waals surface area contributed by atoms with Gasteiger partial charge in [-0.05, 0) is 43.2 Å². The highest BCUT2D eigenvalue weighted by molar-refractivity contribution is 8.00. The summed E-state index contributed by atoms with van der Waals surface area (Å²) in [5, 5.41) is 7.45. The van der Waals surface area contributed by atoms with Gasteiger partial charge >= 0.3 is 0 Å². The highest BCUT2D eigenvalue weighted by Crippen LogP contribution is 2.25. The molecule has 28 heavy (non-hydrogen) atoms. The van der Waals surface area contributed by atoms with Gasteiger partial charge in [0, 0.05) is 36.7 Å². The number of rotatable bonds is 8. The fourth-order valence-electron chi connectivity index (χ4n) is 2.88. The molecule has 1 aliphatic heterocycles. The molecule has 2 aromatic rings. The Bertz CT molecular complexity index is 761. The number of ether oxygens (including phenoxy) is 2. The predicted octanol–water partition coefficient (Wildman–Crippen LogP) is 3.83. The smallest absolute Gasteiger partial charge is 0.219 e. The second-order valence-corrected chi connectivity index (χ2v) is 7.91. The Morgan fingerprint density at radius 1 is 1.25 bits per heavy atom. The van der Waals surface area contributed by atoms with Gasteiger partial charge < -0.3 is 20.1 Å². The first-order chi connectivity index (χ1) is 13.8. The first-order valence-electron chi connectivity index (χ1n) is 9.67. The number of thioether (sulfide) groups is 1. The van der Waals surface area contributed by atoms with Crippen molar-refractivity contribution < 1.29 is 9.47 Å². The third kappa shape index (κ3) is 6.34. The molecule has 1 atom stereocenters. The van der Waals surface area contributed by atoms with Crippen LogP contribution in [0.4, 0.5) is 0 Å². The van der Waals surface area contributed by atoms with Crippen LogP contribution in [0.5, 0.6) is 17.4 Å². The second-order valence-electron chi connectivity index (χ2n) is 6.50. The molecule has 0 spiro atoms. The van der Waals surface area contributed by atoms with Gasteiger partial charge in [0.15, 0.2) is 5.96 Å². The summed E-state index contributed by atoms with van der Waals surface area (Å²) in [6.45, 7) is 4.45. The monoisotopic (exact) mass is 400 g/mol. The molecule has 150 valence electrons. The zero-order chi connectivity index (χ0) is 19.6. The zero-order valence-corrected chi connectivity index (χ0v) is 17.3. The molecule has 1 aromatic carbocycles. The Kier molecular flexibility index (Phi) is 7.84. The molecule has 2 heterocycles. The zero-order valence-electron chi connectivity index (χ0n) is 16.5. The topological polar surface area (TPSA) is 67.8 Å². The molecule has 0 amide bonds. The number of aromatic nitrogens is 1. The van der Waals surface area contributed by atoms with Gasteiger partial charge in [-0.15, -0.1) is 0 Å². The number of hydrogen-bond donors (Lipinski definition) is 2. The molecule has 7 heteroatoms. The molecule has 6 nitrogen and oxygen atoms in total. The minimum Gasteiger partial charge on any atom is -0.497 e. The predicted molar refractivity (Wildman–Crippen MR) is 116 cm³/mol. The second kappa shape index (κ2) is 10.8. The molecule has 0 bridgehead atoms. The molecule has 1 saturated heterocycles. The summed E-state index contributed by atoms with van der Waals surface area (Å²) in [7, 11) is 1.63. The van der Waals surface area contributed by atoms with E-state index in [0.717, 1.165) is 30.4 Å². The summed E-state index contributed by atoms with van der Waals surface area (Å²) in [4.78, 5) is 9.05. The minimum absolute atomic E-state index is 0.546. The van der Waals surface area contributed by atoms with Gasteiger partial charge in [0.25, 0.3) is 0 Å². The molecule has 0 aliphatic carbocycles. The average molecular weight is 401 g/mol. The van der Waals surface area contributed by atoms with Crippen molar-refractivity contribution in [3.05, 3.63) is 48.2 Å². The van der Waals surface area contributed by atoms with E-state index < -0.39 is 0 Å². The number of nitrogens with zero attached hydrogens (tertiary/aromatic N) is 2. The quantitative estimate of drug-likeness (QED) is 0.518. The van der Waals surface area contributed by atoms with Gasteiger partial charge in [0.05, 0.1) is 13.7 Å². The highest BCUT2D eigenvalue weighted by atomic mass is 32.2. The number of nitrogens with one attached hydrogen (secondary N) is 2. The molecular weight excluding hydrogens is 372 g/mol. The number of hydrogen-bond acceptors (Lipinski definition) is 5. The van der Waals surface area contributed by atoms with Crippen molar-refractivity contribution in [2.45, 2.75) is 31.6 Å². The number of benzene rings is 1. The largest absolute Gasteiger partial charge is 0.497 e. The fraction of sp³-hybridized carbons (Fsp3) is 0.429. The summed E-state index contributed by atoms with van der Waals surface area (Å²) < 4.78 is 11.0. The normalized spacial score (nSPS) is 16.6. The van der Waals surface area contributed by atoms with Crippen molar-refractivity contribution in [2.24, 2.45) is 4.99 Å². The van der Waals surface area contributed by atoms with Crippen LogP contribution in [-0.4, -0.2) is 42.1 Å². The lowest BCUT2D eigenvalue weighted by Crippen LogP contribution is -2.40. The summed E-state index contributed by atoms with van der Waals surface area (Å²) in [5.41, 5.74) is 1.03. The maximum absolute atomic E-state index is 5.78. The van der Waals surface area contributed by atoms with Crippen molar-refractivity contribution in [3.63, 3.8) is 0 Å². The van der Waals surface area contributed by atoms with Crippen LogP contribution in [0.2, 0.25) is 0 Å². The summed E-state index contributed by atoms with van der Waals surface area (Å²) >= 11 is 2.04. The molecule has 0 saturated carbocycles. The SMILES string of the molecule is CCNC(=NCc1ccc(Oc2cccc(OC)c2)nc1)NCC1CCCS1. The summed E-state index contributed by atoms with van der Waals surface area (Å²) in [6, 6.07) is 11.3. The van der Waals surface area contributed by atoms with E-state index in [1.807, 2.05) is 48.2 Å². The Morgan fingerprint density at radius 2 is 2.14 bits per heavy atom. The van der Waals surface area contributed by atoms with Gasteiger partial charge in [0.1, 0.15) is 11.5 Å². The van der Waals surface area contributed by atoms with Crippen LogP contribution in [0.25, 0.3) is 0 Å². The first kappa shape index (κ1) is 20.3. The molecular formula is C21H28N4O2S. The average Bonchev–Trinajstić information content (AvgIpc) is 3.25. The Labute approximate surface area is 171 Å². The third-order valence-electron chi connectivity index (χ3n) is 4.35. The van der Waals surface area contributed by atoms with E-state index >= 15 is 0 Å². The van der Waals surface area contributed by atoms with Crippen molar-refractivity contribution in [3.8, 4) is 17.4 Å². The van der Waals surface area contributed by atoms with Crippen molar-refractivity contribution in [1.29, 1.82) is 0 Å². The van der Waals surface area contributed by atoms with Crippen molar-refractivity contribution in [1.82, 2.24) is 15.6 Å². The van der Waals surface area contributed by atoms with Crippen molar-refractivity contribution in [2.75, 3.05) is 26.0 Å². The van der Waals surface area contributed by atoms with Gasteiger partial charge in [0.2, 0.25) is 5.88 Å². The summed E-state index contributed by atoms with van der Waals surface area (Å²) in [5.74, 6) is 4.12. The standard InChI is InChI=1S/C21H28N4O2S/c1-3-22-21(25-15-19-8-5-11-28-19)24-14-16-9-10-20(23-13-16)27-18-7-4-6-17(12-18)26-2/h4,6-7,9-10,12-13,19H,3,5,8,11,14-15H2,1-2H3,(H2,22,24,25). The molecule has 1 aromatic heterocycles. The van der Waals surface area contributed by atoms with E-state index in [1.165, 1.54) is 18.6 Å². The first-order valence-corrected chi connectivity index (χ1v) is 10.7. The van der Waals surface area contributed by atoms with Crippen LogP contribution >= 0.6 is 11.8 Å². The van der Waals surface area contributed by atoms with E-state index in [2.05, 4.69) is 27.5 Å². The lowest BCUT2D eigenvalue weighted by atomic mass is 10.2. The van der Waals surface area contributed by atoms with Crippen LogP contribution in [0.1, 0.15) is 25.3 Å². The van der Waals surface area contributed by atoms with Crippen LogP contribution in [0.3, 0.4) is 0 Å². The molecule has 1 aliphatic rings. The molecule has 1 unspecified atom stereocenters. The Morgan fingerprint density at radius 3 is 2.86 bits per heavy atom. The van der Waals surface area contributed by atoms with Gasteiger partial charge in [-0.2, -0.15) is 11.8 Å². The highest BCUT2D eigenvalue weighted by Gasteiger charge is 2.15. The van der Waals surface area contributed by atoms with Crippen LogP contribution in [-0.2, 0) is 6.54 Å². The van der Waals surface area contributed by atoms with E-state index in [0.29, 0.717) is 23.4 Å². The van der Waals surface area contributed by atoms with E-state index in [1.54, 1.807) is 13.3 Å². The van der Waals surface area contributed by atoms with E-state index in [4.69, 9.17) is 9.47 Å². The lowest BCUT2D eigenvalue weighted by molar-refractivity contribution is 0.407. The molecule has 0 radical (unpaired) electrons. The molecule has 1 fully saturated rings. The molecule has 2 N–H and O–H groups in total. The van der Waals surface area contributed by atoms with Gasteiger partial charge in [-0.3, -0.25) is 0 Å². The van der Waals surface area contributed by atoms with Gasteiger partial charge in [-0.25, -0.2) is 9.98 Å². The summed E-state index contributed by atoms with van der Waals surface area (Å²) in [6.07, 6.45) is 4.41. The maximum Gasteiger partial charge on any atom is 0.219 e. The Hall–Kier alpha value is -2.41. The van der Waals surface area contributed by atoms with Crippen molar-refractivity contribution >= 4 is 17.7 Å². The number of methoxy groups -OCH3 is 1. The van der Waals surface area contributed by atoms with E-state index in [9.17, 15) is 0 Å². The number of guanidine groups is 1. The van der Waals surface area contributed by atoms with Crippen LogP contribution in [0.15, 0.2) is 47.6 Å². The molecule has 3 rings (SSSR count). The Balaban J connectivity index is 1.54. The number of pyridine rings is 1. The van der Waals surface area contributed by atoms with Crippen LogP contribution in [0, 0.1) is 0 Å². The van der Waals surface area contributed by atoms with Gasteiger partial charge in [-0.1, -0.05) is 12.1 Å². The fourth-order valence-corrected chi connectivity index (χ4v) is 4.08. The third-order valence-corrected chi connectivity index (χ3v) is 5.74. The lowest BCUT2D eigenvalue weighted by Gasteiger charge is -2.14. The van der Waals surface area contributed by atoms with Crippen LogP contribution < -0.4 is 20.1 Å². The minimum atomic E-state index is 0.546. The maximum atomic E-state index is 5.78. The number of aliphatic imine (C=N–C) groups is 1.